The lowest BCUT2D eigenvalue weighted by molar-refractivity contribution is 0.429. The first-order valence-corrected chi connectivity index (χ1v) is 8.10. The normalized spacial score (nSPS) is 23.8. The Morgan fingerprint density at radius 3 is 3.00 bits per heavy atom. The number of rotatable bonds is 1. The van der Waals surface area contributed by atoms with Gasteiger partial charge in [-0.2, -0.15) is 0 Å². The smallest absolute Gasteiger partial charge is 0.0741 e. The number of allylic oxidation sites excluding steroid dienone is 2. The molecule has 2 atom stereocenters. The van der Waals surface area contributed by atoms with Crippen molar-refractivity contribution in [2.45, 2.75) is 38.5 Å². The third-order valence-electron chi connectivity index (χ3n) is 4.99. The molecule has 0 spiro atoms. The van der Waals surface area contributed by atoms with Crippen LogP contribution in [0.5, 0.6) is 0 Å². The van der Waals surface area contributed by atoms with Crippen LogP contribution in [-0.2, 0) is 6.42 Å². The lowest BCUT2D eigenvalue weighted by Gasteiger charge is -2.35. The number of aromatic nitrogens is 1. The highest BCUT2D eigenvalue weighted by molar-refractivity contribution is 6.31. The molecule has 2 nitrogen and oxygen atoms in total. The first kappa shape index (κ1) is 13.1. The number of halogens is 1. The van der Waals surface area contributed by atoms with Gasteiger partial charge in [-0.15, -0.1) is 0 Å². The van der Waals surface area contributed by atoms with Crippen LogP contribution in [0.25, 0.3) is 10.9 Å². The summed E-state index contributed by atoms with van der Waals surface area (Å²) in [5, 5.41) is 1.77. The molecule has 0 aliphatic heterocycles. The van der Waals surface area contributed by atoms with Crippen molar-refractivity contribution in [3.8, 4) is 0 Å². The SMILES string of the molecule is CCC1=C[C@H]2Cc3nc4cc(Cl)ccc4c(N)c3[C@@H](C1)C2. The van der Waals surface area contributed by atoms with Gasteiger partial charge in [0.25, 0.3) is 0 Å². The monoisotopic (exact) mass is 298 g/mol. The summed E-state index contributed by atoms with van der Waals surface area (Å²) >= 11 is 6.10. The topological polar surface area (TPSA) is 38.9 Å². The molecule has 4 rings (SSSR count). The molecule has 2 aliphatic rings. The van der Waals surface area contributed by atoms with Crippen LogP contribution in [0.15, 0.2) is 29.8 Å². The van der Waals surface area contributed by atoms with Gasteiger partial charge in [0.2, 0.25) is 0 Å². The number of nitrogen functional groups attached to an aromatic ring is 1. The molecule has 0 radical (unpaired) electrons. The third-order valence-corrected chi connectivity index (χ3v) is 5.23. The summed E-state index contributed by atoms with van der Waals surface area (Å²) in [5.74, 6) is 1.18. The van der Waals surface area contributed by atoms with E-state index in [9.17, 15) is 0 Å². The summed E-state index contributed by atoms with van der Waals surface area (Å²) in [5.41, 5.74) is 12.4. The quantitative estimate of drug-likeness (QED) is 0.764. The van der Waals surface area contributed by atoms with Crippen LogP contribution >= 0.6 is 11.6 Å². The molecule has 2 bridgehead atoms. The maximum atomic E-state index is 6.51. The van der Waals surface area contributed by atoms with E-state index in [4.69, 9.17) is 22.3 Å². The van der Waals surface area contributed by atoms with Gasteiger partial charge in [0.1, 0.15) is 0 Å². The summed E-state index contributed by atoms with van der Waals surface area (Å²) < 4.78 is 0. The number of nitrogens with zero attached hydrogens (tertiary/aromatic N) is 1. The summed E-state index contributed by atoms with van der Waals surface area (Å²) in [6.45, 7) is 2.25. The van der Waals surface area contributed by atoms with Crippen molar-refractivity contribution in [3.63, 3.8) is 0 Å². The summed E-state index contributed by atoms with van der Waals surface area (Å²) in [4.78, 5) is 4.88. The Morgan fingerprint density at radius 1 is 1.33 bits per heavy atom. The van der Waals surface area contributed by atoms with Gasteiger partial charge in [0.05, 0.1) is 5.52 Å². The fourth-order valence-corrected chi connectivity index (χ4v) is 4.22. The second kappa shape index (κ2) is 4.74. The second-order valence-corrected chi connectivity index (χ2v) is 6.76. The van der Waals surface area contributed by atoms with Crippen LogP contribution < -0.4 is 5.73 Å². The third kappa shape index (κ3) is 2.04. The fraction of sp³-hybridized carbons (Fsp3) is 0.389. The van der Waals surface area contributed by atoms with E-state index in [2.05, 4.69) is 13.0 Å². The van der Waals surface area contributed by atoms with Crippen LogP contribution in [0.3, 0.4) is 0 Å². The molecule has 1 heterocycles. The maximum Gasteiger partial charge on any atom is 0.0741 e. The summed E-state index contributed by atoms with van der Waals surface area (Å²) in [6.07, 6.45) is 7.01. The maximum absolute atomic E-state index is 6.51. The molecule has 108 valence electrons. The molecule has 0 unspecified atom stereocenters. The van der Waals surface area contributed by atoms with Gasteiger partial charge in [-0.3, -0.25) is 4.98 Å². The zero-order valence-electron chi connectivity index (χ0n) is 12.2. The van der Waals surface area contributed by atoms with Crippen LogP contribution in [0, 0.1) is 5.92 Å². The van der Waals surface area contributed by atoms with Crippen molar-refractivity contribution in [2.75, 3.05) is 5.73 Å². The van der Waals surface area contributed by atoms with Crippen LogP contribution in [-0.4, -0.2) is 4.98 Å². The first-order valence-electron chi connectivity index (χ1n) is 7.72. The fourth-order valence-electron chi connectivity index (χ4n) is 4.05. The molecule has 2 aromatic rings. The van der Waals surface area contributed by atoms with E-state index >= 15 is 0 Å². The van der Waals surface area contributed by atoms with E-state index in [0.29, 0.717) is 11.8 Å². The largest absolute Gasteiger partial charge is 0.398 e. The molecule has 2 aliphatic carbocycles. The Balaban J connectivity index is 1.92. The van der Waals surface area contributed by atoms with Gasteiger partial charge in [-0.25, -0.2) is 0 Å². The highest BCUT2D eigenvalue weighted by Crippen LogP contribution is 2.47. The molecule has 0 saturated heterocycles. The average Bonchev–Trinajstić information content (AvgIpc) is 2.46. The van der Waals surface area contributed by atoms with Crippen molar-refractivity contribution >= 4 is 28.2 Å². The number of pyridine rings is 1. The highest BCUT2D eigenvalue weighted by Gasteiger charge is 2.33. The Kier molecular flexibility index (Phi) is 2.97. The van der Waals surface area contributed by atoms with E-state index in [1.165, 1.54) is 17.7 Å². The van der Waals surface area contributed by atoms with Crippen LogP contribution in [0.4, 0.5) is 5.69 Å². The van der Waals surface area contributed by atoms with E-state index in [1.54, 1.807) is 5.57 Å². The number of hydrogen-bond donors (Lipinski definition) is 1. The van der Waals surface area contributed by atoms with Gasteiger partial charge in [-0.05, 0) is 55.7 Å². The van der Waals surface area contributed by atoms with Crippen molar-refractivity contribution in [3.05, 3.63) is 46.1 Å². The molecule has 1 aromatic heterocycles. The lowest BCUT2D eigenvalue weighted by atomic mass is 9.70. The minimum absolute atomic E-state index is 0.547. The van der Waals surface area contributed by atoms with E-state index < -0.39 is 0 Å². The van der Waals surface area contributed by atoms with Gasteiger partial charge < -0.3 is 5.73 Å². The van der Waals surface area contributed by atoms with Gasteiger partial charge in [0.15, 0.2) is 0 Å². The number of hydrogen-bond acceptors (Lipinski definition) is 2. The van der Waals surface area contributed by atoms with Crippen molar-refractivity contribution in [2.24, 2.45) is 5.92 Å². The Morgan fingerprint density at radius 2 is 2.19 bits per heavy atom. The summed E-state index contributed by atoms with van der Waals surface area (Å²) in [7, 11) is 0. The highest BCUT2D eigenvalue weighted by atomic mass is 35.5. The van der Waals surface area contributed by atoms with Crippen molar-refractivity contribution < 1.29 is 0 Å². The molecule has 0 amide bonds. The number of benzene rings is 1. The lowest BCUT2D eigenvalue weighted by Crippen LogP contribution is -2.24. The van der Waals surface area contributed by atoms with Crippen molar-refractivity contribution in [1.29, 1.82) is 0 Å². The van der Waals surface area contributed by atoms with Gasteiger partial charge >= 0.3 is 0 Å². The minimum atomic E-state index is 0.547. The molecule has 0 saturated carbocycles. The Labute approximate surface area is 130 Å². The zero-order valence-corrected chi connectivity index (χ0v) is 13.0. The zero-order chi connectivity index (χ0) is 14.6. The molecule has 2 N–H and O–H groups in total. The minimum Gasteiger partial charge on any atom is -0.398 e. The molecule has 1 aromatic carbocycles. The molecule has 3 heteroatoms. The van der Waals surface area contributed by atoms with Gasteiger partial charge in [0, 0.05) is 27.4 Å². The number of anilines is 1. The average molecular weight is 299 g/mol. The molecular formula is C18H19ClN2. The predicted octanol–water partition coefficient (Wildman–Crippen LogP) is 4.86. The van der Waals surface area contributed by atoms with E-state index in [-0.39, 0.29) is 0 Å². The van der Waals surface area contributed by atoms with Crippen molar-refractivity contribution in [1.82, 2.24) is 4.98 Å². The second-order valence-electron chi connectivity index (χ2n) is 6.33. The molecule has 21 heavy (non-hydrogen) atoms. The van der Waals surface area contributed by atoms with Gasteiger partial charge in [-0.1, -0.05) is 30.2 Å². The molecule has 0 fully saturated rings. The molecular weight excluding hydrogens is 280 g/mol. The van der Waals surface area contributed by atoms with E-state index in [0.717, 1.165) is 40.9 Å². The van der Waals surface area contributed by atoms with E-state index in [1.807, 2.05) is 18.2 Å². The summed E-state index contributed by atoms with van der Waals surface area (Å²) in [6, 6.07) is 5.83. The van der Waals surface area contributed by atoms with Crippen LogP contribution in [0.2, 0.25) is 5.02 Å². The predicted molar refractivity (Wildman–Crippen MR) is 88.7 cm³/mol. The number of fused-ring (bicyclic) bond motifs is 5. The first-order chi connectivity index (χ1) is 10.2. The van der Waals surface area contributed by atoms with Crippen LogP contribution in [0.1, 0.15) is 43.4 Å². The Hall–Kier alpha value is -1.54. The Bertz CT molecular complexity index is 763. The standard InChI is InChI=1S/C18H19ClN2/c1-2-10-5-11-7-12(6-10)17-16(8-11)21-15-9-13(19)3-4-14(15)18(17)20/h3-5,9,11-12H,2,6-8H2,1H3,(H2,20,21)/t11-,12+/m1/s1. The number of nitrogens with two attached hydrogens (primary N) is 1.